The van der Waals surface area contributed by atoms with Gasteiger partial charge >= 0.3 is 6.03 Å². The Bertz CT molecular complexity index is 1260. The second-order valence-corrected chi connectivity index (χ2v) is 9.04. The van der Waals surface area contributed by atoms with Crippen molar-refractivity contribution in [1.29, 1.82) is 0 Å². The molecule has 0 fully saturated rings. The van der Waals surface area contributed by atoms with E-state index in [0.717, 1.165) is 6.07 Å². The third-order valence-corrected chi connectivity index (χ3v) is 5.77. The van der Waals surface area contributed by atoms with Crippen LogP contribution in [0.1, 0.15) is 24.2 Å². The Labute approximate surface area is 191 Å². The molecule has 0 aliphatic rings. The summed E-state index contributed by atoms with van der Waals surface area (Å²) in [4.78, 5) is 24.5. The average Bonchev–Trinajstić information content (AvgIpc) is 2.76. The number of carbonyl (C=O) groups is 2. The fourth-order valence-corrected chi connectivity index (χ4v) is 3.92. The van der Waals surface area contributed by atoms with Gasteiger partial charge in [-0.05, 0) is 62.4 Å². The second-order valence-electron chi connectivity index (χ2n) is 7.36. The van der Waals surface area contributed by atoms with Gasteiger partial charge < -0.3 is 16.0 Å². The van der Waals surface area contributed by atoms with Crippen molar-refractivity contribution < 1.29 is 22.4 Å². The van der Waals surface area contributed by atoms with Gasteiger partial charge in [0.15, 0.2) is 0 Å². The Kier molecular flexibility index (Phi) is 7.29. The van der Waals surface area contributed by atoms with Gasteiger partial charge in [0.1, 0.15) is 5.82 Å². The van der Waals surface area contributed by atoms with Crippen molar-refractivity contribution in [2.75, 3.05) is 15.4 Å². The van der Waals surface area contributed by atoms with E-state index in [-0.39, 0.29) is 22.2 Å². The maximum absolute atomic E-state index is 13.8. The number of carbonyl (C=O) groups excluding carboxylic acids is 2. The number of anilines is 3. The van der Waals surface area contributed by atoms with Crippen LogP contribution in [0.15, 0.2) is 77.7 Å². The molecule has 0 saturated carbocycles. The van der Waals surface area contributed by atoms with Gasteiger partial charge in [-0.25, -0.2) is 17.6 Å². The van der Waals surface area contributed by atoms with Gasteiger partial charge in [0, 0.05) is 11.6 Å². The van der Waals surface area contributed by atoms with E-state index < -0.39 is 27.8 Å². The van der Waals surface area contributed by atoms with E-state index in [1.807, 2.05) is 13.8 Å². The topological polar surface area (TPSA) is 116 Å². The van der Waals surface area contributed by atoms with Crippen molar-refractivity contribution in [3.05, 3.63) is 84.2 Å². The Morgan fingerprint density at radius 1 is 0.788 bits per heavy atom. The highest BCUT2D eigenvalue weighted by Crippen LogP contribution is 2.23. The molecule has 0 aromatic heterocycles. The normalized spacial score (nSPS) is 11.0. The third-order valence-electron chi connectivity index (χ3n) is 4.39. The molecule has 0 spiro atoms. The number of nitrogens with one attached hydrogen (secondary N) is 4. The van der Waals surface area contributed by atoms with Crippen LogP contribution in [-0.2, 0) is 10.0 Å². The molecular weight excluding hydrogens is 447 g/mol. The number of benzene rings is 3. The van der Waals surface area contributed by atoms with Crippen LogP contribution in [0.5, 0.6) is 0 Å². The molecule has 8 nitrogen and oxygen atoms in total. The smallest absolute Gasteiger partial charge is 0.319 e. The highest BCUT2D eigenvalue weighted by Gasteiger charge is 2.17. The zero-order chi connectivity index (χ0) is 24.0. The van der Waals surface area contributed by atoms with E-state index in [1.54, 1.807) is 24.3 Å². The molecule has 3 aromatic rings. The maximum atomic E-state index is 13.8. The van der Waals surface area contributed by atoms with Gasteiger partial charge in [-0.15, -0.1) is 0 Å². The van der Waals surface area contributed by atoms with Crippen molar-refractivity contribution >= 4 is 39.0 Å². The van der Waals surface area contributed by atoms with Gasteiger partial charge in [-0.1, -0.05) is 24.3 Å². The van der Waals surface area contributed by atoms with Gasteiger partial charge in [0.2, 0.25) is 0 Å². The molecule has 0 unspecified atom stereocenters. The quantitative estimate of drug-likeness (QED) is 0.409. The number of sulfonamides is 1. The average molecular weight is 471 g/mol. The van der Waals surface area contributed by atoms with Gasteiger partial charge in [-0.2, -0.15) is 0 Å². The van der Waals surface area contributed by atoms with Crippen molar-refractivity contribution in [1.82, 2.24) is 5.32 Å². The summed E-state index contributed by atoms with van der Waals surface area (Å²) in [5.41, 5.74) is 0.794. The highest BCUT2D eigenvalue weighted by atomic mass is 32.2. The molecule has 0 atom stereocenters. The fraction of sp³-hybridized carbons (Fsp3) is 0.130. The standard InChI is InChI=1S/C23H23FN4O4S/c1-15(2)25-23(30)27-21-10-6-5-9-20(21)26-22(29)16-11-13-17(14-12-16)33(31,32)28-19-8-4-3-7-18(19)24/h3-15,28H,1-2H3,(H,26,29)(H2,25,27,30). The van der Waals surface area contributed by atoms with Crippen LogP contribution in [0.25, 0.3) is 0 Å². The van der Waals surface area contributed by atoms with E-state index in [4.69, 9.17) is 0 Å². The molecule has 0 bridgehead atoms. The number of hydrogen-bond acceptors (Lipinski definition) is 4. The molecule has 172 valence electrons. The number of urea groups is 1. The zero-order valence-electron chi connectivity index (χ0n) is 17.9. The molecule has 3 aromatic carbocycles. The monoisotopic (exact) mass is 470 g/mol. The number of halogens is 1. The second kappa shape index (κ2) is 10.1. The summed E-state index contributed by atoms with van der Waals surface area (Å²) < 4.78 is 41.0. The summed E-state index contributed by atoms with van der Waals surface area (Å²) in [5, 5.41) is 8.06. The Balaban J connectivity index is 1.73. The lowest BCUT2D eigenvalue weighted by Crippen LogP contribution is -2.34. The lowest BCUT2D eigenvalue weighted by atomic mass is 10.2. The van der Waals surface area contributed by atoms with Crippen molar-refractivity contribution in [2.45, 2.75) is 24.8 Å². The SMILES string of the molecule is CC(C)NC(=O)Nc1ccccc1NC(=O)c1ccc(S(=O)(=O)Nc2ccccc2F)cc1. The van der Waals surface area contributed by atoms with E-state index in [9.17, 15) is 22.4 Å². The maximum Gasteiger partial charge on any atom is 0.319 e. The summed E-state index contributed by atoms with van der Waals surface area (Å²) in [6.07, 6.45) is 0. The molecule has 3 amide bonds. The first kappa shape index (κ1) is 23.7. The molecule has 0 radical (unpaired) electrons. The minimum Gasteiger partial charge on any atom is -0.336 e. The molecular formula is C23H23FN4O4S. The summed E-state index contributed by atoms with van der Waals surface area (Å²) in [5.74, 6) is -1.20. The lowest BCUT2D eigenvalue weighted by Gasteiger charge is -2.14. The summed E-state index contributed by atoms with van der Waals surface area (Å²) in [7, 11) is -4.04. The van der Waals surface area contributed by atoms with Gasteiger partial charge in [0.05, 0.1) is 22.0 Å². The Hall–Kier alpha value is -3.92. The summed E-state index contributed by atoms with van der Waals surface area (Å²) in [6, 6.07) is 16.8. The largest absolute Gasteiger partial charge is 0.336 e. The first-order valence-electron chi connectivity index (χ1n) is 10.0. The van der Waals surface area contributed by atoms with Gasteiger partial charge in [-0.3, -0.25) is 9.52 Å². The lowest BCUT2D eigenvalue weighted by molar-refractivity contribution is 0.102. The predicted molar refractivity (Wildman–Crippen MR) is 125 cm³/mol. The molecule has 0 saturated heterocycles. The van der Waals surface area contributed by atoms with Crippen molar-refractivity contribution in [2.24, 2.45) is 0 Å². The minimum absolute atomic E-state index is 0.0607. The van der Waals surface area contributed by atoms with Crippen LogP contribution < -0.4 is 20.7 Å². The number of hydrogen-bond donors (Lipinski definition) is 4. The Morgan fingerprint density at radius 2 is 1.33 bits per heavy atom. The van der Waals surface area contributed by atoms with Crippen LogP contribution >= 0.6 is 0 Å². The predicted octanol–water partition coefficient (Wildman–Crippen LogP) is 4.41. The molecule has 0 aliphatic heterocycles. The molecule has 4 N–H and O–H groups in total. The van der Waals surface area contributed by atoms with E-state index >= 15 is 0 Å². The van der Waals surface area contributed by atoms with Crippen LogP contribution in [0.4, 0.5) is 26.2 Å². The van der Waals surface area contributed by atoms with Crippen LogP contribution in [0.2, 0.25) is 0 Å². The fourth-order valence-electron chi connectivity index (χ4n) is 2.85. The zero-order valence-corrected chi connectivity index (χ0v) is 18.7. The van der Waals surface area contributed by atoms with Crippen molar-refractivity contribution in [3.63, 3.8) is 0 Å². The molecule has 3 rings (SSSR count). The first-order chi connectivity index (χ1) is 15.7. The van der Waals surface area contributed by atoms with Gasteiger partial charge in [0.25, 0.3) is 15.9 Å². The molecule has 33 heavy (non-hydrogen) atoms. The van der Waals surface area contributed by atoms with Crippen molar-refractivity contribution in [3.8, 4) is 0 Å². The summed E-state index contributed by atoms with van der Waals surface area (Å²) >= 11 is 0. The molecule has 0 heterocycles. The van der Waals surface area contributed by atoms with E-state index in [0.29, 0.717) is 11.4 Å². The van der Waals surface area contributed by atoms with Crippen LogP contribution in [0.3, 0.4) is 0 Å². The molecule has 10 heteroatoms. The number of amides is 3. The minimum atomic E-state index is -4.04. The first-order valence-corrected chi connectivity index (χ1v) is 11.5. The van der Waals surface area contributed by atoms with E-state index in [2.05, 4.69) is 20.7 Å². The van der Waals surface area contributed by atoms with Crippen LogP contribution in [-0.4, -0.2) is 26.4 Å². The Morgan fingerprint density at radius 3 is 1.91 bits per heavy atom. The third kappa shape index (κ3) is 6.30. The van der Waals surface area contributed by atoms with Crippen LogP contribution in [0, 0.1) is 5.82 Å². The number of para-hydroxylation sites is 3. The highest BCUT2D eigenvalue weighted by molar-refractivity contribution is 7.92. The summed E-state index contributed by atoms with van der Waals surface area (Å²) in [6.45, 7) is 3.64. The van der Waals surface area contributed by atoms with E-state index in [1.165, 1.54) is 42.5 Å². The number of rotatable bonds is 7. The molecule has 0 aliphatic carbocycles.